The van der Waals surface area contributed by atoms with E-state index in [2.05, 4.69) is 29.2 Å². The molecule has 1 heterocycles. The van der Waals surface area contributed by atoms with Gasteiger partial charge < -0.3 is 4.74 Å². The lowest BCUT2D eigenvalue weighted by atomic mass is 10.1. The van der Waals surface area contributed by atoms with E-state index in [4.69, 9.17) is 4.74 Å². The molecule has 0 saturated carbocycles. The lowest BCUT2D eigenvalue weighted by Crippen LogP contribution is -1.97. The number of aromatic nitrogens is 1. The van der Waals surface area contributed by atoms with E-state index in [9.17, 15) is 0 Å². The Morgan fingerprint density at radius 2 is 1.50 bits per heavy atom. The molecule has 0 aliphatic heterocycles. The first-order chi connectivity index (χ1) is 9.93. The van der Waals surface area contributed by atoms with E-state index in [1.807, 2.05) is 42.5 Å². The van der Waals surface area contributed by atoms with E-state index in [1.165, 1.54) is 0 Å². The molecule has 0 radical (unpaired) electrons. The van der Waals surface area contributed by atoms with Crippen LogP contribution in [0.5, 0.6) is 5.75 Å². The predicted molar refractivity (Wildman–Crippen MR) is 80.4 cm³/mol. The fourth-order valence-electron chi connectivity index (χ4n) is 2.09. The smallest absolute Gasteiger partial charge is 0.145 e. The van der Waals surface area contributed by atoms with Crippen molar-refractivity contribution >= 4 is 0 Å². The summed E-state index contributed by atoms with van der Waals surface area (Å²) in [5.41, 5.74) is 3.35. The molecule has 0 saturated heterocycles. The van der Waals surface area contributed by atoms with Crippen LogP contribution in [0.4, 0.5) is 0 Å². The highest BCUT2D eigenvalue weighted by molar-refractivity contribution is 5.69. The molecule has 0 atom stereocenters. The molecule has 3 aromatic rings. The van der Waals surface area contributed by atoms with Gasteiger partial charge in [0.2, 0.25) is 0 Å². The first-order valence-corrected chi connectivity index (χ1v) is 6.59. The van der Waals surface area contributed by atoms with E-state index >= 15 is 0 Å². The van der Waals surface area contributed by atoms with Crippen LogP contribution in [-0.2, 0) is 6.61 Å². The van der Waals surface area contributed by atoms with Crippen LogP contribution in [0.15, 0.2) is 79.1 Å². The number of ether oxygens (including phenoxy) is 1. The Labute approximate surface area is 118 Å². The summed E-state index contributed by atoms with van der Waals surface area (Å²) in [6.07, 6.45) is 3.56. The SMILES string of the molecule is c1ccc(COc2cnccc2-c2ccccc2)cc1. The molecule has 2 heteroatoms. The molecule has 20 heavy (non-hydrogen) atoms. The third kappa shape index (κ3) is 2.86. The molecular weight excluding hydrogens is 246 g/mol. The van der Waals surface area contributed by atoms with Gasteiger partial charge in [-0.2, -0.15) is 0 Å². The van der Waals surface area contributed by atoms with Gasteiger partial charge in [0, 0.05) is 11.8 Å². The van der Waals surface area contributed by atoms with Gasteiger partial charge >= 0.3 is 0 Å². The highest BCUT2D eigenvalue weighted by Crippen LogP contribution is 2.29. The average Bonchev–Trinajstić information content (AvgIpc) is 2.55. The van der Waals surface area contributed by atoms with Gasteiger partial charge in [-0.3, -0.25) is 4.98 Å². The molecule has 0 N–H and O–H groups in total. The third-order valence-corrected chi connectivity index (χ3v) is 3.11. The Hall–Kier alpha value is -2.61. The monoisotopic (exact) mass is 261 g/mol. The lowest BCUT2D eigenvalue weighted by Gasteiger charge is -2.11. The summed E-state index contributed by atoms with van der Waals surface area (Å²) >= 11 is 0. The maximum atomic E-state index is 5.92. The minimum Gasteiger partial charge on any atom is -0.487 e. The quantitative estimate of drug-likeness (QED) is 0.697. The molecule has 0 fully saturated rings. The van der Waals surface area contributed by atoms with Crippen LogP contribution in [0.3, 0.4) is 0 Å². The summed E-state index contributed by atoms with van der Waals surface area (Å²) in [6.45, 7) is 0.548. The highest BCUT2D eigenvalue weighted by atomic mass is 16.5. The molecule has 0 spiro atoms. The van der Waals surface area contributed by atoms with Crippen molar-refractivity contribution in [2.75, 3.05) is 0 Å². The van der Waals surface area contributed by atoms with Gasteiger partial charge in [0.05, 0.1) is 6.20 Å². The second-order valence-corrected chi connectivity index (χ2v) is 4.51. The first-order valence-electron chi connectivity index (χ1n) is 6.59. The first kappa shape index (κ1) is 12.4. The average molecular weight is 261 g/mol. The third-order valence-electron chi connectivity index (χ3n) is 3.11. The Kier molecular flexibility index (Phi) is 3.74. The fourth-order valence-corrected chi connectivity index (χ4v) is 2.09. The van der Waals surface area contributed by atoms with E-state index in [-0.39, 0.29) is 0 Å². The molecule has 0 unspecified atom stereocenters. The number of hydrogen-bond acceptors (Lipinski definition) is 2. The Morgan fingerprint density at radius 1 is 0.800 bits per heavy atom. The summed E-state index contributed by atoms with van der Waals surface area (Å²) in [5, 5.41) is 0. The van der Waals surface area contributed by atoms with Gasteiger partial charge in [-0.25, -0.2) is 0 Å². The van der Waals surface area contributed by atoms with Crippen LogP contribution in [0.25, 0.3) is 11.1 Å². The van der Waals surface area contributed by atoms with Gasteiger partial charge in [0.25, 0.3) is 0 Å². The minimum atomic E-state index is 0.548. The summed E-state index contributed by atoms with van der Waals surface area (Å²) in [6, 6.07) is 22.3. The maximum absolute atomic E-state index is 5.92. The number of hydrogen-bond donors (Lipinski definition) is 0. The molecule has 0 bridgehead atoms. The van der Waals surface area contributed by atoms with E-state index in [1.54, 1.807) is 12.4 Å². The van der Waals surface area contributed by atoms with Crippen molar-refractivity contribution in [1.29, 1.82) is 0 Å². The van der Waals surface area contributed by atoms with Crippen LogP contribution in [0.2, 0.25) is 0 Å². The molecule has 0 amide bonds. The zero-order valence-electron chi connectivity index (χ0n) is 11.1. The topological polar surface area (TPSA) is 22.1 Å². The summed E-state index contributed by atoms with van der Waals surface area (Å²) in [7, 11) is 0. The van der Waals surface area contributed by atoms with E-state index in [0.29, 0.717) is 6.61 Å². The number of rotatable bonds is 4. The fraction of sp³-hybridized carbons (Fsp3) is 0.0556. The van der Waals surface area contributed by atoms with Crippen molar-refractivity contribution in [1.82, 2.24) is 4.98 Å². The van der Waals surface area contributed by atoms with E-state index < -0.39 is 0 Å². The Morgan fingerprint density at radius 3 is 2.25 bits per heavy atom. The molecule has 2 aromatic carbocycles. The minimum absolute atomic E-state index is 0.548. The molecular formula is C18H15NO. The van der Waals surface area contributed by atoms with Crippen molar-refractivity contribution in [3.63, 3.8) is 0 Å². The molecule has 0 aliphatic carbocycles. The van der Waals surface area contributed by atoms with Crippen LogP contribution in [0, 0.1) is 0 Å². The van der Waals surface area contributed by atoms with Gasteiger partial charge in [0.1, 0.15) is 12.4 Å². The standard InChI is InChI=1S/C18H15NO/c1-3-7-15(8-4-1)14-20-18-13-19-12-11-17(18)16-9-5-2-6-10-16/h1-13H,14H2. The summed E-state index contributed by atoms with van der Waals surface area (Å²) < 4.78 is 5.92. The highest BCUT2D eigenvalue weighted by Gasteiger charge is 2.06. The van der Waals surface area contributed by atoms with Crippen LogP contribution in [0.1, 0.15) is 5.56 Å². The normalized spacial score (nSPS) is 10.2. The van der Waals surface area contributed by atoms with Crippen molar-refractivity contribution < 1.29 is 4.74 Å². The summed E-state index contributed by atoms with van der Waals surface area (Å²) in [4.78, 5) is 4.16. The number of benzene rings is 2. The summed E-state index contributed by atoms with van der Waals surface area (Å²) in [5.74, 6) is 0.808. The predicted octanol–water partition coefficient (Wildman–Crippen LogP) is 4.33. The van der Waals surface area contributed by atoms with Crippen molar-refractivity contribution in [3.05, 3.63) is 84.7 Å². The largest absolute Gasteiger partial charge is 0.487 e. The van der Waals surface area contributed by atoms with Crippen molar-refractivity contribution in [3.8, 4) is 16.9 Å². The molecule has 2 nitrogen and oxygen atoms in total. The van der Waals surface area contributed by atoms with E-state index in [0.717, 1.165) is 22.4 Å². The Balaban J connectivity index is 1.84. The Bertz CT molecular complexity index is 665. The van der Waals surface area contributed by atoms with Gasteiger partial charge in [-0.1, -0.05) is 60.7 Å². The zero-order valence-corrected chi connectivity index (χ0v) is 11.1. The van der Waals surface area contributed by atoms with Crippen molar-refractivity contribution in [2.24, 2.45) is 0 Å². The van der Waals surface area contributed by atoms with Crippen molar-refractivity contribution in [2.45, 2.75) is 6.61 Å². The molecule has 0 aliphatic rings. The second kappa shape index (κ2) is 6.02. The van der Waals surface area contributed by atoms with Crippen LogP contribution < -0.4 is 4.74 Å². The molecule has 98 valence electrons. The molecule has 3 rings (SSSR count). The lowest BCUT2D eigenvalue weighted by molar-refractivity contribution is 0.306. The maximum Gasteiger partial charge on any atom is 0.145 e. The number of pyridine rings is 1. The van der Waals surface area contributed by atoms with Gasteiger partial charge in [-0.15, -0.1) is 0 Å². The molecule has 1 aromatic heterocycles. The second-order valence-electron chi connectivity index (χ2n) is 4.51. The van der Waals surface area contributed by atoms with Crippen LogP contribution >= 0.6 is 0 Å². The van der Waals surface area contributed by atoms with Crippen LogP contribution in [-0.4, -0.2) is 4.98 Å². The van der Waals surface area contributed by atoms with Gasteiger partial charge in [0.15, 0.2) is 0 Å². The number of nitrogens with zero attached hydrogens (tertiary/aromatic N) is 1. The van der Waals surface area contributed by atoms with Gasteiger partial charge in [-0.05, 0) is 17.2 Å². The zero-order chi connectivity index (χ0) is 13.6.